The number of amides is 11. The number of benzene rings is 1. The lowest BCUT2D eigenvalue weighted by Crippen LogP contribution is -2.64. The molecule has 1 aliphatic heterocycles. The SMILES string of the molecule is CC[C@H](C)C1NC(=O)[C@@H](CCCN=C(N)N)NC(=O)[C@H](CC(C)C)NC(=O)[C@H]([C@H](O)C(C)C)NC(=O)[C@@H](NC(=O)[C@H](CC(C)C)NC(=O)[C@@H](N)CC(C)(C)C)[C@@H](c2ccccc2)OC(=O)[C@H](CO)NC(=O)[C@H]([C@H](O)C(N)=O)NC(=O)CNC(=O)C([C@H](C)O)NC1=O. The number of nitrogens with one attached hydrogen (secondary N) is 10. The highest BCUT2D eigenvalue weighted by molar-refractivity contribution is 6.00. The second-order valence-electron chi connectivity index (χ2n) is 25.2. The van der Waals surface area contributed by atoms with Gasteiger partial charge in [0.25, 0.3) is 0 Å². The quantitative estimate of drug-likeness (QED) is 0.0224. The lowest BCUT2D eigenvalue weighted by molar-refractivity contribution is -0.159. The van der Waals surface area contributed by atoms with Crippen LogP contribution in [0.25, 0.3) is 0 Å². The van der Waals surface area contributed by atoms with Crippen LogP contribution in [0.1, 0.15) is 133 Å². The van der Waals surface area contributed by atoms with Gasteiger partial charge in [-0.05, 0) is 73.7 Å². The zero-order valence-electron chi connectivity index (χ0n) is 54.0. The molecule has 0 spiro atoms. The molecular weight excluding hydrogens is 1190 g/mol. The molecule has 22 N–H and O–H groups in total. The summed E-state index contributed by atoms with van der Waals surface area (Å²) < 4.78 is 5.93. The topological polar surface area (TPSA) is 532 Å². The number of hydrogen-bond acceptors (Lipinski definition) is 19. The molecule has 0 aliphatic carbocycles. The minimum atomic E-state index is -2.58. The van der Waals surface area contributed by atoms with Crippen molar-refractivity contribution in [2.24, 2.45) is 57.0 Å². The van der Waals surface area contributed by atoms with Crippen LogP contribution < -0.4 is 76.1 Å². The number of esters is 1. The van der Waals surface area contributed by atoms with Gasteiger partial charge in [0.2, 0.25) is 65.0 Å². The Labute approximate surface area is 530 Å². The summed E-state index contributed by atoms with van der Waals surface area (Å²) in [5.41, 5.74) is 22.2. The number of carbonyl (C=O) groups excluding carboxylic acids is 12. The van der Waals surface area contributed by atoms with Crippen molar-refractivity contribution < 1.29 is 82.7 Å². The highest BCUT2D eigenvalue weighted by Crippen LogP contribution is 2.25. The molecule has 1 aliphatic rings. The number of aliphatic hydroxyl groups excluding tert-OH is 4. The van der Waals surface area contributed by atoms with E-state index in [4.69, 9.17) is 27.7 Å². The number of nitrogens with zero attached hydrogens (tertiary/aromatic N) is 1. The Hall–Kier alpha value is -8.07. The maximum absolute atomic E-state index is 15.4. The van der Waals surface area contributed by atoms with E-state index in [1.807, 2.05) is 31.4 Å². The molecule has 2 rings (SSSR count). The van der Waals surface area contributed by atoms with E-state index in [-0.39, 0.29) is 68.4 Å². The Balaban J connectivity index is 3.14. The molecular formula is C59H99N15O17. The standard InChI is InChI=1S/C59H99N15O17/c1-13-30(8)39-53(86)72-40(31(9)76)52(85)65-25-38(77)70-42(45(79)47(61)80)55(88)69-37(26-75)57(90)91-46(32-18-15-14-16-19-32)43(74-51(84)36(23-28(4)5)67-48(81)33(60)24-59(10,11)12)56(89)73-41(44(78)29(6)7)54(87)68-35(22-27(2)3)50(83)66-34(49(82)71-39)20-17-21-64-58(62)63/h14-16,18-19,27-31,33-37,39-46,75-76,78-79H,13,17,20-26,60H2,1-12H3,(H2,61,80)(H,65,85)(H,66,83)(H,67,81)(H,68,87)(H,69,88)(H,70,77)(H,71,82)(H,72,86)(H,73,89)(H,74,84)(H4,62,63,64)/t30-,31-,33-,34+,35-,36-,37-,39?,40?,41-,42-,43-,44+,45-,46+/m0/s1. The number of rotatable bonds is 22. The van der Waals surface area contributed by atoms with E-state index < -0.39 is 186 Å². The van der Waals surface area contributed by atoms with Crippen LogP contribution in [0.2, 0.25) is 0 Å². The number of carbonyl (C=O) groups is 12. The van der Waals surface area contributed by atoms with Gasteiger partial charge in [0.1, 0.15) is 48.3 Å². The maximum atomic E-state index is 15.4. The third-order valence-corrected chi connectivity index (χ3v) is 14.6. The predicted molar refractivity (Wildman–Crippen MR) is 331 cm³/mol. The summed E-state index contributed by atoms with van der Waals surface area (Å²) in [5.74, 6) is -17.2. The first kappa shape index (κ1) is 79.0. The van der Waals surface area contributed by atoms with Crippen LogP contribution in [-0.4, -0.2) is 196 Å². The van der Waals surface area contributed by atoms with E-state index in [0.717, 1.165) is 6.92 Å². The Morgan fingerprint density at radius 2 is 1.23 bits per heavy atom. The maximum Gasteiger partial charge on any atom is 0.331 e. The molecule has 1 saturated heterocycles. The van der Waals surface area contributed by atoms with Crippen LogP contribution in [0.15, 0.2) is 35.3 Å². The molecule has 1 aromatic carbocycles. The Kier molecular flexibility index (Phi) is 32.4. The van der Waals surface area contributed by atoms with E-state index in [2.05, 4.69) is 47.5 Å². The van der Waals surface area contributed by atoms with Gasteiger partial charge in [0.05, 0.1) is 31.4 Å². The van der Waals surface area contributed by atoms with Crippen LogP contribution in [-0.2, 0) is 62.3 Å². The van der Waals surface area contributed by atoms with Crippen molar-refractivity contribution in [3.8, 4) is 0 Å². The second kappa shape index (κ2) is 37.3. The fourth-order valence-electron chi connectivity index (χ4n) is 9.39. The number of guanidine groups is 1. The summed E-state index contributed by atoms with van der Waals surface area (Å²) in [4.78, 5) is 174. The summed E-state index contributed by atoms with van der Waals surface area (Å²) in [7, 11) is 0. The van der Waals surface area contributed by atoms with Crippen molar-refractivity contribution in [2.75, 3.05) is 19.7 Å². The van der Waals surface area contributed by atoms with Gasteiger partial charge >= 0.3 is 5.97 Å². The van der Waals surface area contributed by atoms with Crippen LogP contribution in [0.5, 0.6) is 0 Å². The van der Waals surface area contributed by atoms with Gasteiger partial charge in [0, 0.05) is 6.54 Å². The van der Waals surface area contributed by atoms with Gasteiger partial charge in [-0.15, -0.1) is 0 Å². The van der Waals surface area contributed by atoms with Crippen LogP contribution in [0.3, 0.4) is 0 Å². The third kappa shape index (κ3) is 26.4. The molecule has 32 heteroatoms. The second-order valence-corrected chi connectivity index (χ2v) is 25.2. The lowest BCUT2D eigenvalue weighted by Gasteiger charge is -2.34. The van der Waals surface area contributed by atoms with Crippen molar-refractivity contribution in [3.63, 3.8) is 0 Å². The molecule has 1 aromatic rings. The predicted octanol–water partition coefficient (Wildman–Crippen LogP) is -5.04. The molecule has 32 nitrogen and oxygen atoms in total. The summed E-state index contributed by atoms with van der Waals surface area (Å²) >= 11 is 0. The first-order chi connectivity index (χ1) is 42.3. The Morgan fingerprint density at radius 1 is 0.681 bits per heavy atom. The number of primary amides is 1. The van der Waals surface area contributed by atoms with Crippen molar-refractivity contribution in [2.45, 2.75) is 206 Å². The van der Waals surface area contributed by atoms with Crippen LogP contribution >= 0.6 is 0 Å². The van der Waals surface area contributed by atoms with Gasteiger partial charge < -0.3 is 101 Å². The van der Waals surface area contributed by atoms with Crippen LogP contribution in [0, 0.1) is 29.1 Å². The molecule has 15 atom stereocenters. The number of hydrogen-bond donors (Lipinski definition) is 18. The number of aliphatic hydroxyl groups is 4. The molecule has 0 bridgehead atoms. The minimum Gasteiger partial charge on any atom is -0.453 e. The number of ether oxygens (including phenoxy) is 1. The summed E-state index contributed by atoms with van der Waals surface area (Å²) in [6.07, 6.45) is -8.09. The van der Waals surface area contributed by atoms with E-state index in [0.29, 0.717) is 0 Å². The van der Waals surface area contributed by atoms with Crippen molar-refractivity contribution in [1.29, 1.82) is 0 Å². The van der Waals surface area contributed by atoms with E-state index >= 15 is 4.79 Å². The molecule has 91 heavy (non-hydrogen) atoms. The Morgan fingerprint density at radius 3 is 1.76 bits per heavy atom. The van der Waals surface area contributed by atoms with Gasteiger partial charge in [-0.3, -0.25) is 57.7 Å². The molecule has 1 heterocycles. The van der Waals surface area contributed by atoms with Gasteiger partial charge in [0.15, 0.2) is 24.2 Å². The minimum absolute atomic E-state index is 0.0457. The molecule has 512 valence electrons. The zero-order valence-corrected chi connectivity index (χ0v) is 54.0. The summed E-state index contributed by atoms with van der Waals surface area (Å²) in [5, 5.41) is 68.1. The monoisotopic (exact) mass is 1290 g/mol. The average molecular weight is 1290 g/mol. The highest BCUT2D eigenvalue weighted by Gasteiger charge is 2.44. The zero-order chi connectivity index (χ0) is 69.4. The molecule has 0 radical (unpaired) electrons. The fourth-order valence-corrected chi connectivity index (χ4v) is 9.39. The Bertz CT molecular complexity index is 2690. The molecule has 11 amide bonds. The first-order valence-corrected chi connectivity index (χ1v) is 30.3. The van der Waals surface area contributed by atoms with Gasteiger partial charge in [-0.1, -0.05) is 113 Å². The molecule has 0 aromatic heterocycles. The van der Waals surface area contributed by atoms with Crippen molar-refractivity contribution in [1.82, 2.24) is 53.2 Å². The average Bonchev–Trinajstić information content (AvgIpc) is 1.09. The highest BCUT2D eigenvalue weighted by atomic mass is 16.5. The van der Waals surface area contributed by atoms with Gasteiger partial charge in [-0.25, -0.2) is 4.79 Å². The first-order valence-electron chi connectivity index (χ1n) is 30.3. The molecule has 1 fully saturated rings. The molecule has 0 saturated carbocycles. The van der Waals surface area contributed by atoms with Crippen molar-refractivity contribution in [3.05, 3.63) is 35.9 Å². The van der Waals surface area contributed by atoms with E-state index in [1.54, 1.807) is 41.5 Å². The van der Waals surface area contributed by atoms with Crippen molar-refractivity contribution >= 4 is 76.9 Å². The summed E-state index contributed by atoms with van der Waals surface area (Å²) in [6.45, 7) is 17.2. The lowest BCUT2D eigenvalue weighted by atomic mass is 9.88. The number of nitrogens with two attached hydrogens (primary N) is 4. The van der Waals surface area contributed by atoms with Crippen LogP contribution in [0.4, 0.5) is 0 Å². The summed E-state index contributed by atoms with van der Waals surface area (Å²) in [6, 6.07) is -10.8. The van der Waals surface area contributed by atoms with Gasteiger partial charge in [-0.2, -0.15) is 0 Å². The van der Waals surface area contributed by atoms with E-state index in [1.165, 1.54) is 44.2 Å². The third-order valence-electron chi connectivity index (χ3n) is 14.6. The number of cyclic esters (lactones) is 1. The normalized spacial score (nSPS) is 24.7. The molecule has 2 unspecified atom stereocenters. The number of aliphatic imine (C=N–C) groups is 1. The van der Waals surface area contributed by atoms with E-state index in [9.17, 15) is 73.2 Å². The fraction of sp³-hybridized carbons (Fsp3) is 0.678. The largest absolute Gasteiger partial charge is 0.453 e. The smallest absolute Gasteiger partial charge is 0.331 e.